The zero-order valence-electron chi connectivity index (χ0n) is 12.4. The van der Waals surface area contributed by atoms with Crippen molar-refractivity contribution in [1.29, 1.82) is 0 Å². The number of thiazole rings is 1. The van der Waals surface area contributed by atoms with Gasteiger partial charge in [0, 0.05) is 35.9 Å². The van der Waals surface area contributed by atoms with Crippen LogP contribution in [0.25, 0.3) is 0 Å². The molecule has 2 aliphatic rings. The second-order valence-electron chi connectivity index (χ2n) is 6.31. The van der Waals surface area contributed by atoms with Crippen molar-refractivity contribution in [1.82, 2.24) is 10.3 Å². The summed E-state index contributed by atoms with van der Waals surface area (Å²) in [6.07, 6.45) is 5.89. The summed E-state index contributed by atoms with van der Waals surface area (Å²) in [6.45, 7) is 4.36. The van der Waals surface area contributed by atoms with Crippen molar-refractivity contribution in [2.75, 3.05) is 11.4 Å². The zero-order chi connectivity index (χ0) is 14.2. The fourth-order valence-corrected chi connectivity index (χ4v) is 3.90. The van der Waals surface area contributed by atoms with Crippen LogP contribution in [-0.2, 0) is 13.0 Å². The molecule has 1 atom stereocenters. The van der Waals surface area contributed by atoms with Gasteiger partial charge in [0.05, 0.1) is 0 Å². The summed E-state index contributed by atoms with van der Waals surface area (Å²) in [7, 11) is 0. The number of para-hydroxylation sites is 1. The number of nitrogens with one attached hydrogen (secondary N) is 1. The predicted octanol–water partition coefficient (Wildman–Crippen LogP) is 3.73. The standard InChI is InChI=1S/C17H21N3S/c1-12-8-13-4-2-3-5-16(13)20(11-12)17-19-10-15(21-17)9-18-14-6-7-14/h2-5,10,12,14,18H,6-9,11H2,1H3. The molecule has 1 saturated carbocycles. The highest BCUT2D eigenvalue weighted by Gasteiger charge is 2.25. The van der Waals surface area contributed by atoms with Gasteiger partial charge in [0.1, 0.15) is 0 Å². The van der Waals surface area contributed by atoms with E-state index < -0.39 is 0 Å². The quantitative estimate of drug-likeness (QED) is 0.932. The van der Waals surface area contributed by atoms with E-state index in [4.69, 9.17) is 0 Å². The van der Waals surface area contributed by atoms with Crippen molar-refractivity contribution in [3.63, 3.8) is 0 Å². The molecule has 1 N–H and O–H groups in total. The van der Waals surface area contributed by atoms with E-state index in [-0.39, 0.29) is 0 Å². The number of aromatic nitrogens is 1. The minimum atomic E-state index is 0.678. The molecule has 0 bridgehead atoms. The summed E-state index contributed by atoms with van der Waals surface area (Å²) < 4.78 is 0. The highest BCUT2D eigenvalue weighted by atomic mass is 32.1. The maximum absolute atomic E-state index is 4.68. The summed E-state index contributed by atoms with van der Waals surface area (Å²) in [5, 5.41) is 4.71. The molecule has 110 valence electrons. The third-order valence-electron chi connectivity index (χ3n) is 4.26. The maximum atomic E-state index is 4.68. The first-order valence-corrected chi connectivity index (χ1v) is 8.65. The van der Waals surface area contributed by atoms with E-state index in [1.54, 1.807) is 0 Å². The van der Waals surface area contributed by atoms with E-state index in [1.165, 1.54) is 35.4 Å². The Morgan fingerprint density at radius 2 is 2.19 bits per heavy atom. The highest BCUT2D eigenvalue weighted by molar-refractivity contribution is 7.15. The second-order valence-corrected chi connectivity index (χ2v) is 7.41. The van der Waals surface area contributed by atoms with Crippen LogP contribution >= 0.6 is 11.3 Å². The third-order valence-corrected chi connectivity index (χ3v) is 5.28. The van der Waals surface area contributed by atoms with Gasteiger partial charge in [0.25, 0.3) is 0 Å². The normalized spacial score (nSPS) is 21.4. The Morgan fingerprint density at radius 3 is 3.05 bits per heavy atom. The minimum Gasteiger partial charge on any atom is -0.317 e. The van der Waals surface area contributed by atoms with Crippen LogP contribution < -0.4 is 10.2 Å². The summed E-state index contributed by atoms with van der Waals surface area (Å²) >= 11 is 1.83. The van der Waals surface area contributed by atoms with Gasteiger partial charge in [-0.1, -0.05) is 25.1 Å². The average Bonchev–Trinajstić information content (AvgIpc) is 3.21. The van der Waals surface area contributed by atoms with E-state index in [2.05, 4.69) is 46.4 Å². The molecule has 3 nitrogen and oxygen atoms in total. The van der Waals surface area contributed by atoms with Gasteiger partial charge in [0.2, 0.25) is 0 Å². The Hall–Kier alpha value is -1.39. The lowest BCUT2D eigenvalue weighted by Gasteiger charge is -2.32. The number of benzene rings is 1. The zero-order valence-corrected chi connectivity index (χ0v) is 13.2. The van der Waals surface area contributed by atoms with Crippen molar-refractivity contribution in [2.45, 2.75) is 38.8 Å². The largest absolute Gasteiger partial charge is 0.317 e. The van der Waals surface area contributed by atoms with Gasteiger partial charge in [0.15, 0.2) is 5.13 Å². The van der Waals surface area contributed by atoms with Crippen LogP contribution in [0.1, 0.15) is 30.2 Å². The first-order valence-electron chi connectivity index (χ1n) is 7.83. The summed E-state index contributed by atoms with van der Waals surface area (Å²) in [6, 6.07) is 9.50. The van der Waals surface area contributed by atoms with E-state index in [9.17, 15) is 0 Å². The Morgan fingerprint density at radius 1 is 1.33 bits per heavy atom. The molecule has 1 aromatic heterocycles. The molecule has 1 aliphatic heterocycles. The molecule has 21 heavy (non-hydrogen) atoms. The molecule has 0 amide bonds. The SMILES string of the molecule is CC1Cc2ccccc2N(c2ncc(CNC3CC3)s2)C1. The van der Waals surface area contributed by atoms with Crippen molar-refractivity contribution in [2.24, 2.45) is 5.92 Å². The maximum Gasteiger partial charge on any atom is 0.190 e. The fraction of sp³-hybridized carbons (Fsp3) is 0.471. The molecule has 0 saturated heterocycles. The van der Waals surface area contributed by atoms with Gasteiger partial charge in [-0.05, 0) is 36.8 Å². The van der Waals surface area contributed by atoms with Gasteiger partial charge in [-0.3, -0.25) is 0 Å². The summed E-state index contributed by atoms with van der Waals surface area (Å²) in [5.74, 6) is 0.678. The van der Waals surface area contributed by atoms with Crippen molar-refractivity contribution in [3.8, 4) is 0 Å². The number of hydrogen-bond acceptors (Lipinski definition) is 4. The number of fused-ring (bicyclic) bond motifs is 1. The topological polar surface area (TPSA) is 28.2 Å². The van der Waals surface area contributed by atoms with Crippen LogP contribution in [0.2, 0.25) is 0 Å². The van der Waals surface area contributed by atoms with Crippen LogP contribution in [0.3, 0.4) is 0 Å². The number of rotatable bonds is 4. The van der Waals surface area contributed by atoms with E-state index in [0.29, 0.717) is 5.92 Å². The van der Waals surface area contributed by atoms with Crippen LogP contribution in [0, 0.1) is 5.92 Å². The summed E-state index contributed by atoms with van der Waals surface area (Å²) in [5.41, 5.74) is 2.79. The van der Waals surface area contributed by atoms with Crippen LogP contribution in [-0.4, -0.2) is 17.6 Å². The molecule has 4 heteroatoms. The lowest BCUT2D eigenvalue weighted by atomic mass is 9.94. The number of anilines is 2. The summed E-state index contributed by atoms with van der Waals surface area (Å²) in [4.78, 5) is 8.41. The second kappa shape index (κ2) is 5.43. The molecule has 0 spiro atoms. The fourth-order valence-electron chi connectivity index (χ4n) is 3.01. The molecule has 1 aliphatic carbocycles. The van der Waals surface area contributed by atoms with Gasteiger partial charge < -0.3 is 10.2 Å². The predicted molar refractivity (Wildman–Crippen MR) is 88.3 cm³/mol. The van der Waals surface area contributed by atoms with Crippen LogP contribution in [0.5, 0.6) is 0 Å². The molecule has 1 aromatic carbocycles. The number of nitrogens with zero attached hydrogens (tertiary/aromatic N) is 2. The molecule has 2 heterocycles. The van der Waals surface area contributed by atoms with Gasteiger partial charge >= 0.3 is 0 Å². The van der Waals surface area contributed by atoms with Gasteiger partial charge in [-0.15, -0.1) is 11.3 Å². The first kappa shape index (κ1) is 13.3. The van der Waals surface area contributed by atoms with E-state index in [1.807, 2.05) is 17.5 Å². The van der Waals surface area contributed by atoms with Gasteiger partial charge in [-0.25, -0.2) is 4.98 Å². The van der Waals surface area contributed by atoms with Crippen molar-refractivity contribution < 1.29 is 0 Å². The van der Waals surface area contributed by atoms with E-state index in [0.717, 1.165) is 24.3 Å². The van der Waals surface area contributed by atoms with Crippen molar-refractivity contribution >= 4 is 22.2 Å². The Balaban J connectivity index is 1.57. The number of hydrogen-bond donors (Lipinski definition) is 1. The van der Waals surface area contributed by atoms with Crippen LogP contribution in [0.4, 0.5) is 10.8 Å². The molecule has 1 fully saturated rings. The lowest BCUT2D eigenvalue weighted by molar-refractivity contribution is 0.562. The Labute approximate surface area is 130 Å². The van der Waals surface area contributed by atoms with E-state index >= 15 is 0 Å². The van der Waals surface area contributed by atoms with Crippen molar-refractivity contribution in [3.05, 3.63) is 40.9 Å². The Bertz CT molecular complexity index is 632. The monoisotopic (exact) mass is 299 g/mol. The molecule has 1 unspecified atom stereocenters. The molecule has 4 rings (SSSR count). The van der Waals surface area contributed by atoms with Gasteiger partial charge in [-0.2, -0.15) is 0 Å². The average molecular weight is 299 g/mol. The lowest BCUT2D eigenvalue weighted by Crippen LogP contribution is -2.30. The Kier molecular flexibility index (Phi) is 3.43. The first-order chi connectivity index (χ1) is 10.3. The highest BCUT2D eigenvalue weighted by Crippen LogP contribution is 2.37. The third kappa shape index (κ3) is 2.83. The molecular formula is C17H21N3S. The molecule has 2 aromatic rings. The molecule has 0 radical (unpaired) electrons. The van der Waals surface area contributed by atoms with Crippen LogP contribution in [0.15, 0.2) is 30.5 Å². The molecular weight excluding hydrogens is 278 g/mol. The smallest absolute Gasteiger partial charge is 0.190 e. The minimum absolute atomic E-state index is 0.678.